The van der Waals surface area contributed by atoms with Gasteiger partial charge in [-0.3, -0.25) is 0 Å². The van der Waals surface area contributed by atoms with Crippen LogP contribution < -0.4 is 34.3 Å². The van der Waals surface area contributed by atoms with Gasteiger partial charge in [0.2, 0.25) is 0 Å². The molecular formula is C23H39NaO4S. The van der Waals surface area contributed by atoms with Gasteiger partial charge in [-0.25, -0.2) is 8.42 Å². The van der Waals surface area contributed by atoms with Crippen LogP contribution in [-0.2, 0) is 23.0 Å². The maximum Gasteiger partial charge on any atom is 1.00 e. The summed E-state index contributed by atoms with van der Waals surface area (Å²) in [6.07, 6.45) is 14.0. The molecule has 0 radical (unpaired) electrons. The zero-order valence-corrected chi connectivity index (χ0v) is 22.1. The molecule has 0 N–H and O–H groups in total. The van der Waals surface area contributed by atoms with Crippen LogP contribution in [-0.4, -0.2) is 17.9 Å². The molecule has 0 bridgehead atoms. The molecule has 0 unspecified atom stereocenters. The number of benzene rings is 1. The van der Waals surface area contributed by atoms with E-state index in [1.54, 1.807) is 0 Å². The van der Waals surface area contributed by atoms with Crippen LogP contribution >= 0.6 is 0 Å². The molecule has 0 atom stereocenters. The van der Waals surface area contributed by atoms with Crippen molar-refractivity contribution in [3.63, 3.8) is 0 Å². The molecule has 1 aromatic rings. The summed E-state index contributed by atoms with van der Waals surface area (Å²) in [5.74, 6) is 0.485. The number of ether oxygens (including phenoxy) is 1. The van der Waals surface area contributed by atoms with Crippen LogP contribution in [0.3, 0.4) is 0 Å². The van der Waals surface area contributed by atoms with E-state index in [-0.39, 0.29) is 29.6 Å². The Morgan fingerprint density at radius 2 is 1.21 bits per heavy atom. The number of unbranched alkanes of at least 4 members (excludes halogenated alkanes) is 8. The molecule has 1 aromatic carbocycles. The van der Waals surface area contributed by atoms with Crippen LogP contribution in [0.4, 0.5) is 0 Å². The van der Waals surface area contributed by atoms with Crippen LogP contribution in [0.15, 0.2) is 18.2 Å². The van der Waals surface area contributed by atoms with Gasteiger partial charge in [0.15, 0.2) is 4.93 Å². The third-order valence-corrected chi connectivity index (χ3v) is 6.42. The second-order valence-corrected chi connectivity index (χ2v) is 10.2. The van der Waals surface area contributed by atoms with Crippen LogP contribution in [0.5, 0.6) is 5.75 Å². The van der Waals surface area contributed by atoms with Crippen molar-refractivity contribution in [3.8, 4) is 5.75 Å². The first-order valence-electron chi connectivity index (χ1n) is 11.0. The van der Waals surface area contributed by atoms with E-state index in [2.05, 4.69) is 19.9 Å². The van der Waals surface area contributed by atoms with Crippen LogP contribution in [0.25, 0.3) is 0 Å². The third-order valence-electron chi connectivity index (χ3n) is 5.13. The van der Waals surface area contributed by atoms with Crippen molar-refractivity contribution < 1.29 is 47.3 Å². The number of aryl methyl sites for hydroxylation is 2. The quantitative estimate of drug-likeness (QED) is 0.241. The summed E-state index contributed by atoms with van der Waals surface area (Å²) in [5, 5.41) is 0. The minimum Gasteiger partial charge on any atom is -0.745 e. The van der Waals surface area contributed by atoms with E-state index in [1.807, 2.05) is 12.1 Å². The summed E-state index contributed by atoms with van der Waals surface area (Å²) in [6, 6.07) is 6.01. The minimum absolute atomic E-state index is 0. The molecule has 162 valence electrons. The van der Waals surface area contributed by atoms with Crippen molar-refractivity contribution in [2.45, 2.75) is 110 Å². The van der Waals surface area contributed by atoms with Crippen LogP contribution in [0, 0.1) is 0 Å². The van der Waals surface area contributed by atoms with Gasteiger partial charge in [-0.05, 0) is 62.8 Å². The molecule has 0 saturated carbocycles. The van der Waals surface area contributed by atoms with E-state index in [0.29, 0.717) is 5.75 Å². The number of hydrogen-bond donors (Lipinski definition) is 0. The van der Waals surface area contributed by atoms with Gasteiger partial charge in [-0.2, -0.15) is 0 Å². The maximum absolute atomic E-state index is 11.5. The molecule has 0 amide bonds. The van der Waals surface area contributed by atoms with E-state index >= 15 is 0 Å². The van der Waals surface area contributed by atoms with Gasteiger partial charge >= 0.3 is 29.6 Å². The van der Waals surface area contributed by atoms with Crippen molar-refractivity contribution >= 4 is 10.1 Å². The molecule has 0 heterocycles. The number of rotatable bonds is 15. The average Bonchev–Trinajstić information content (AvgIpc) is 2.60. The Balaban J connectivity index is 0.00000784. The SMILES string of the molecule is CCCCCCCc1cc(CCCCCCC)cc(OC(C)(C)S(=O)(=O)[O-])c1.[Na+]. The molecule has 6 heteroatoms. The van der Waals surface area contributed by atoms with Gasteiger partial charge in [0, 0.05) is 0 Å². The summed E-state index contributed by atoms with van der Waals surface area (Å²) in [5.41, 5.74) is 2.33. The van der Waals surface area contributed by atoms with Gasteiger partial charge in [-0.15, -0.1) is 0 Å². The summed E-state index contributed by atoms with van der Waals surface area (Å²) in [4.78, 5) is -1.77. The maximum atomic E-state index is 11.5. The smallest absolute Gasteiger partial charge is 0.745 e. The van der Waals surface area contributed by atoms with Gasteiger partial charge in [0.25, 0.3) is 0 Å². The van der Waals surface area contributed by atoms with Gasteiger partial charge in [0.05, 0.1) is 0 Å². The fourth-order valence-corrected chi connectivity index (χ4v) is 3.47. The predicted octanol–water partition coefficient (Wildman–Crippen LogP) is 3.38. The van der Waals surface area contributed by atoms with Crippen molar-refractivity contribution in [3.05, 3.63) is 29.3 Å². The zero-order valence-electron chi connectivity index (χ0n) is 19.3. The number of hydrogen-bond acceptors (Lipinski definition) is 4. The molecule has 0 spiro atoms. The van der Waals surface area contributed by atoms with Gasteiger partial charge in [0.1, 0.15) is 15.9 Å². The van der Waals surface area contributed by atoms with E-state index in [1.165, 1.54) is 65.2 Å². The Morgan fingerprint density at radius 3 is 1.59 bits per heavy atom. The normalized spacial score (nSPS) is 11.9. The molecule has 0 aliphatic rings. The first kappa shape index (κ1) is 28.9. The largest absolute Gasteiger partial charge is 1.00 e. The summed E-state index contributed by atoms with van der Waals surface area (Å²) >= 11 is 0. The molecule has 4 nitrogen and oxygen atoms in total. The van der Waals surface area contributed by atoms with E-state index in [9.17, 15) is 13.0 Å². The molecule has 29 heavy (non-hydrogen) atoms. The van der Waals surface area contributed by atoms with Crippen molar-refractivity contribution in [1.82, 2.24) is 0 Å². The standard InChI is InChI=1S/C23H40O4S.Na/c1-5-7-9-11-13-15-20-17-21(16-14-12-10-8-6-2)19-22(18-20)27-23(3,4)28(24,25)26;/h17-19H,5-16H2,1-4H3,(H,24,25,26);/q;+1/p-1. The Kier molecular flexibility index (Phi) is 14.8. The molecule has 0 aromatic heterocycles. The van der Waals surface area contributed by atoms with E-state index < -0.39 is 15.1 Å². The second kappa shape index (κ2) is 14.9. The summed E-state index contributed by atoms with van der Waals surface area (Å²) in [7, 11) is -4.55. The Labute approximate surface area is 201 Å². The van der Waals surface area contributed by atoms with Gasteiger partial charge in [-0.1, -0.05) is 71.3 Å². The van der Waals surface area contributed by atoms with Crippen molar-refractivity contribution in [1.29, 1.82) is 0 Å². The monoisotopic (exact) mass is 434 g/mol. The Hall–Kier alpha value is -0.0700. The molecule has 0 aliphatic heterocycles. The summed E-state index contributed by atoms with van der Waals surface area (Å²) in [6.45, 7) is 7.05. The minimum atomic E-state index is -4.55. The fourth-order valence-electron chi connectivity index (χ4n) is 3.28. The van der Waals surface area contributed by atoms with E-state index in [4.69, 9.17) is 4.74 Å². The molecule has 1 rings (SSSR count). The summed E-state index contributed by atoms with van der Waals surface area (Å²) < 4.78 is 40.1. The Bertz CT molecular complexity index is 639. The molecule has 0 saturated heterocycles. The predicted molar refractivity (Wildman–Crippen MR) is 116 cm³/mol. The van der Waals surface area contributed by atoms with Gasteiger partial charge < -0.3 is 9.29 Å². The zero-order chi connectivity index (χ0) is 21.0. The van der Waals surface area contributed by atoms with Crippen molar-refractivity contribution in [2.24, 2.45) is 0 Å². The fraction of sp³-hybridized carbons (Fsp3) is 0.739. The molecule has 0 fully saturated rings. The topological polar surface area (TPSA) is 66.4 Å². The Morgan fingerprint density at radius 1 is 0.793 bits per heavy atom. The van der Waals surface area contributed by atoms with Crippen LogP contribution in [0.1, 0.15) is 103 Å². The van der Waals surface area contributed by atoms with E-state index in [0.717, 1.165) is 36.8 Å². The molecule has 0 aliphatic carbocycles. The third kappa shape index (κ3) is 11.8. The molecular weight excluding hydrogens is 395 g/mol. The first-order chi connectivity index (χ1) is 13.2. The average molecular weight is 435 g/mol. The second-order valence-electron chi connectivity index (χ2n) is 8.27. The van der Waals surface area contributed by atoms with Crippen LogP contribution in [0.2, 0.25) is 0 Å². The van der Waals surface area contributed by atoms with Crippen molar-refractivity contribution in [2.75, 3.05) is 0 Å². The first-order valence-corrected chi connectivity index (χ1v) is 12.4.